The van der Waals surface area contributed by atoms with E-state index in [1.807, 2.05) is 0 Å². The molecule has 0 bridgehead atoms. The Balaban J connectivity index is 3.20. The van der Waals surface area contributed by atoms with Crippen molar-refractivity contribution in [2.24, 2.45) is 0 Å². The van der Waals surface area contributed by atoms with E-state index in [9.17, 15) is 14.9 Å². The van der Waals surface area contributed by atoms with E-state index in [4.69, 9.17) is 0 Å². The first-order chi connectivity index (χ1) is 6.19. The van der Waals surface area contributed by atoms with Gasteiger partial charge in [0.15, 0.2) is 6.29 Å². The molecule has 13 heavy (non-hydrogen) atoms. The van der Waals surface area contributed by atoms with Gasteiger partial charge >= 0.3 is 11.7 Å². The van der Waals surface area contributed by atoms with Crippen LogP contribution in [0.2, 0.25) is 0 Å². The summed E-state index contributed by atoms with van der Waals surface area (Å²) in [6, 6.07) is 2.43. The van der Waals surface area contributed by atoms with Crippen LogP contribution >= 0.6 is 0 Å². The van der Waals surface area contributed by atoms with Crippen LogP contribution in [0.3, 0.4) is 0 Å². The van der Waals surface area contributed by atoms with Crippen LogP contribution in [-0.4, -0.2) is 23.3 Å². The number of pyridine rings is 1. The van der Waals surface area contributed by atoms with Crippen molar-refractivity contribution in [2.75, 3.05) is 7.11 Å². The van der Waals surface area contributed by atoms with Gasteiger partial charge in [-0.1, -0.05) is 0 Å². The fraction of sp³-hybridized carbons (Fsp3) is 0.143. The van der Waals surface area contributed by atoms with Crippen molar-refractivity contribution in [2.45, 2.75) is 0 Å². The maximum absolute atomic E-state index is 10.4. The van der Waals surface area contributed by atoms with Gasteiger partial charge in [-0.15, -0.1) is 0 Å². The number of ether oxygens (including phenoxy) is 1. The number of methoxy groups -OCH3 is 1. The standard InChI is InChI=1S/C7H6N2O4/c1-13-7-5(4-10)2-3-6(8-7)9(11)12/h2-4H,1H3. The Morgan fingerprint density at radius 1 is 1.62 bits per heavy atom. The second-order valence-electron chi connectivity index (χ2n) is 2.14. The molecule has 0 spiro atoms. The van der Waals surface area contributed by atoms with Gasteiger partial charge in [-0.2, -0.15) is 0 Å². The van der Waals surface area contributed by atoms with Crippen LogP contribution in [0.4, 0.5) is 5.82 Å². The zero-order valence-electron chi connectivity index (χ0n) is 6.76. The normalized spacial score (nSPS) is 9.31. The zero-order valence-corrected chi connectivity index (χ0v) is 6.76. The molecule has 0 fully saturated rings. The highest BCUT2D eigenvalue weighted by Gasteiger charge is 2.14. The SMILES string of the molecule is COc1nc([N+](=O)[O-])ccc1C=O. The smallest absolute Gasteiger partial charge is 0.367 e. The molecule has 1 aromatic rings. The molecule has 1 heterocycles. The summed E-state index contributed by atoms with van der Waals surface area (Å²) in [4.78, 5) is 23.5. The first-order valence-corrected chi connectivity index (χ1v) is 3.33. The van der Waals surface area contributed by atoms with Gasteiger partial charge in [0.1, 0.15) is 5.56 Å². The molecule has 6 nitrogen and oxygen atoms in total. The monoisotopic (exact) mass is 182 g/mol. The largest absolute Gasteiger partial charge is 0.462 e. The molecule has 0 aliphatic carbocycles. The van der Waals surface area contributed by atoms with Crippen molar-refractivity contribution < 1.29 is 14.5 Å². The van der Waals surface area contributed by atoms with Crippen LogP contribution < -0.4 is 4.74 Å². The second kappa shape index (κ2) is 3.61. The van der Waals surface area contributed by atoms with Gasteiger partial charge in [-0.25, -0.2) is 0 Å². The van der Waals surface area contributed by atoms with Gasteiger partial charge in [0.25, 0.3) is 0 Å². The Morgan fingerprint density at radius 2 is 2.31 bits per heavy atom. The lowest BCUT2D eigenvalue weighted by molar-refractivity contribution is -0.389. The fourth-order valence-corrected chi connectivity index (χ4v) is 0.796. The van der Waals surface area contributed by atoms with Gasteiger partial charge in [0.2, 0.25) is 0 Å². The van der Waals surface area contributed by atoms with E-state index in [0.29, 0.717) is 6.29 Å². The topological polar surface area (TPSA) is 82.3 Å². The molecule has 0 N–H and O–H groups in total. The number of hydrogen-bond donors (Lipinski definition) is 0. The van der Waals surface area contributed by atoms with Crippen molar-refractivity contribution in [3.63, 3.8) is 0 Å². The fourth-order valence-electron chi connectivity index (χ4n) is 0.796. The van der Waals surface area contributed by atoms with E-state index in [0.717, 1.165) is 6.07 Å². The van der Waals surface area contributed by atoms with E-state index < -0.39 is 4.92 Å². The number of carbonyl (C=O) groups excluding carboxylic acids is 1. The summed E-state index contributed by atoms with van der Waals surface area (Å²) in [6.07, 6.45) is 0.523. The molecular weight excluding hydrogens is 176 g/mol. The molecule has 0 aromatic carbocycles. The van der Waals surface area contributed by atoms with Crippen molar-refractivity contribution in [3.05, 3.63) is 27.8 Å². The summed E-state index contributed by atoms with van der Waals surface area (Å²) < 4.78 is 4.68. The predicted octanol–water partition coefficient (Wildman–Crippen LogP) is 0.811. The third kappa shape index (κ3) is 1.78. The average Bonchev–Trinajstić information content (AvgIpc) is 2.16. The number of carbonyl (C=O) groups is 1. The minimum atomic E-state index is -0.656. The van der Waals surface area contributed by atoms with Crippen molar-refractivity contribution in [1.82, 2.24) is 4.98 Å². The third-order valence-electron chi connectivity index (χ3n) is 1.38. The van der Waals surface area contributed by atoms with E-state index in [2.05, 4.69) is 9.72 Å². The van der Waals surface area contributed by atoms with Crippen LogP contribution in [0.1, 0.15) is 10.4 Å². The van der Waals surface area contributed by atoms with Gasteiger partial charge in [0, 0.05) is 11.1 Å². The summed E-state index contributed by atoms with van der Waals surface area (Å²) in [7, 11) is 1.29. The van der Waals surface area contributed by atoms with Crippen molar-refractivity contribution in [3.8, 4) is 5.88 Å². The highest BCUT2D eigenvalue weighted by molar-refractivity contribution is 5.78. The lowest BCUT2D eigenvalue weighted by Gasteiger charge is -1.96. The molecule has 1 aromatic heterocycles. The number of aromatic nitrogens is 1. The Hall–Kier alpha value is -1.98. The molecule has 0 atom stereocenters. The quantitative estimate of drug-likeness (QED) is 0.392. The Labute approximate surface area is 73.3 Å². The van der Waals surface area contributed by atoms with E-state index in [-0.39, 0.29) is 17.3 Å². The molecule has 0 saturated carbocycles. The second-order valence-corrected chi connectivity index (χ2v) is 2.14. The summed E-state index contributed by atoms with van der Waals surface area (Å²) in [6.45, 7) is 0. The predicted molar refractivity (Wildman–Crippen MR) is 42.8 cm³/mol. The summed E-state index contributed by atoms with van der Waals surface area (Å²) in [5, 5.41) is 10.3. The number of nitrogens with zero attached hydrogens (tertiary/aromatic N) is 2. The number of hydrogen-bond acceptors (Lipinski definition) is 5. The average molecular weight is 182 g/mol. The Morgan fingerprint density at radius 3 is 2.77 bits per heavy atom. The molecule has 0 radical (unpaired) electrons. The summed E-state index contributed by atoms with van der Waals surface area (Å²) in [5.41, 5.74) is 0.188. The van der Waals surface area contributed by atoms with Crippen LogP contribution in [0.15, 0.2) is 12.1 Å². The molecular formula is C7H6N2O4. The van der Waals surface area contributed by atoms with Crippen molar-refractivity contribution in [1.29, 1.82) is 0 Å². The molecule has 0 unspecified atom stereocenters. The molecule has 0 aliphatic rings. The van der Waals surface area contributed by atoms with Gasteiger partial charge < -0.3 is 14.9 Å². The van der Waals surface area contributed by atoms with Gasteiger partial charge in [-0.05, 0) is 11.0 Å². The number of aldehydes is 1. The number of rotatable bonds is 3. The van der Waals surface area contributed by atoms with Crippen LogP contribution in [-0.2, 0) is 0 Å². The van der Waals surface area contributed by atoms with Crippen LogP contribution in [0.5, 0.6) is 5.88 Å². The highest BCUT2D eigenvalue weighted by Crippen LogP contribution is 2.17. The maximum atomic E-state index is 10.4. The first kappa shape index (κ1) is 9.11. The zero-order chi connectivity index (χ0) is 9.84. The molecule has 0 aliphatic heterocycles. The molecule has 6 heteroatoms. The molecule has 0 saturated heterocycles. The minimum Gasteiger partial charge on any atom is -0.462 e. The minimum absolute atomic E-state index is 0.0378. The van der Waals surface area contributed by atoms with E-state index >= 15 is 0 Å². The third-order valence-corrected chi connectivity index (χ3v) is 1.38. The van der Waals surface area contributed by atoms with Gasteiger partial charge in [-0.3, -0.25) is 4.79 Å². The maximum Gasteiger partial charge on any atom is 0.367 e. The van der Waals surface area contributed by atoms with Crippen LogP contribution in [0.25, 0.3) is 0 Å². The number of nitro groups is 1. The Bertz CT molecular complexity index is 350. The van der Waals surface area contributed by atoms with Crippen LogP contribution in [0, 0.1) is 10.1 Å². The first-order valence-electron chi connectivity index (χ1n) is 3.33. The summed E-state index contributed by atoms with van der Waals surface area (Å²) in [5.74, 6) is -0.383. The van der Waals surface area contributed by atoms with E-state index in [1.165, 1.54) is 13.2 Å². The molecule has 1 rings (SSSR count). The Kier molecular flexibility index (Phi) is 2.53. The summed E-state index contributed by atoms with van der Waals surface area (Å²) >= 11 is 0. The molecule has 68 valence electrons. The van der Waals surface area contributed by atoms with Gasteiger partial charge in [0.05, 0.1) is 7.11 Å². The molecule has 0 amide bonds. The van der Waals surface area contributed by atoms with E-state index in [1.54, 1.807) is 0 Å². The lowest BCUT2D eigenvalue weighted by atomic mass is 10.3. The lowest BCUT2D eigenvalue weighted by Crippen LogP contribution is -1.98. The highest BCUT2D eigenvalue weighted by atomic mass is 16.6. The van der Waals surface area contributed by atoms with Crippen molar-refractivity contribution >= 4 is 12.1 Å².